The fourth-order valence-electron chi connectivity index (χ4n) is 3.59. The van der Waals surface area contributed by atoms with Crippen molar-refractivity contribution >= 4 is 0 Å². The van der Waals surface area contributed by atoms with Crippen LogP contribution in [0.2, 0.25) is 0 Å². The van der Waals surface area contributed by atoms with Crippen molar-refractivity contribution < 1.29 is 19.5 Å². The minimum atomic E-state index is -0.573. The van der Waals surface area contributed by atoms with Crippen molar-refractivity contribution in [1.82, 2.24) is 0 Å². The highest BCUT2D eigenvalue weighted by molar-refractivity contribution is 5.31. The molecule has 4 nitrogen and oxygen atoms in total. The molecule has 0 saturated heterocycles. The van der Waals surface area contributed by atoms with Crippen LogP contribution in [-0.4, -0.2) is 38.0 Å². The Labute approximate surface area is 173 Å². The van der Waals surface area contributed by atoms with Gasteiger partial charge in [-0.2, -0.15) is 0 Å². The number of hydrogen-bond donors (Lipinski definition) is 2. The summed E-state index contributed by atoms with van der Waals surface area (Å²) in [5.41, 5.74) is 2.46. The monoisotopic (exact) mass is 392 g/mol. The van der Waals surface area contributed by atoms with Crippen LogP contribution in [0.5, 0.6) is 11.5 Å². The SMILES string of the molecule is CCOc1ccc(OC[C@H](O)C[NH+](C)C(c2ccccc2)c2ccccc2)cc1. The van der Waals surface area contributed by atoms with Crippen molar-refractivity contribution in [2.75, 3.05) is 26.8 Å². The second kappa shape index (κ2) is 10.6. The lowest BCUT2D eigenvalue weighted by Crippen LogP contribution is -3.10. The van der Waals surface area contributed by atoms with Gasteiger partial charge in [0.25, 0.3) is 0 Å². The Morgan fingerprint density at radius 2 is 1.24 bits per heavy atom. The lowest BCUT2D eigenvalue weighted by molar-refractivity contribution is -0.909. The van der Waals surface area contributed by atoms with Crippen molar-refractivity contribution in [2.45, 2.75) is 19.1 Å². The van der Waals surface area contributed by atoms with E-state index in [0.29, 0.717) is 13.2 Å². The van der Waals surface area contributed by atoms with E-state index in [1.807, 2.05) is 43.3 Å². The van der Waals surface area contributed by atoms with E-state index in [4.69, 9.17) is 9.47 Å². The molecule has 4 heteroatoms. The fourth-order valence-corrected chi connectivity index (χ4v) is 3.59. The van der Waals surface area contributed by atoms with Crippen LogP contribution in [0.4, 0.5) is 0 Å². The van der Waals surface area contributed by atoms with Crippen LogP contribution in [0.25, 0.3) is 0 Å². The van der Waals surface area contributed by atoms with Crippen LogP contribution in [-0.2, 0) is 0 Å². The van der Waals surface area contributed by atoms with E-state index in [1.165, 1.54) is 16.0 Å². The van der Waals surface area contributed by atoms with Gasteiger partial charge in [-0.25, -0.2) is 0 Å². The van der Waals surface area contributed by atoms with Gasteiger partial charge in [0.15, 0.2) is 0 Å². The molecule has 0 radical (unpaired) electrons. The zero-order valence-electron chi connectivity index (χ0n) is 17.1. The highest BCUT2D eigenvalue weighted by Crippen LogP contribution is 2.19. The summed E-state index contributed by atoms with van der Waals surface area (Å²) in [4.78, 5) is 1.21. The van der Waals surface area contributed by atoms with E-state index < -0.39 is 6.10 Å². The lowest BCUT2D eigenvalue weighted by Gasteiger charge is -2.27. The summed E-state index contributed by atoms with van der Waals surface area (Å²) >= 11 is 0. The molecule has 2 atom stereocenters. The Hall–Kier alpha value is -2.82. The van der Waals surface area contributed by atoms with Gasteiger partial charge in [-0.3, -0.25) is 0 Å². The van der Waals surface area contributed by atoms with Gasteiger partial charge in [0.1, 0.15) is 36.8 Å². The smallest absolute Gasteiger partial charge is 0.139 e. The molecule has 152 valence electrons. The summed E-state index contributed by atoms with van der Waals surface area (Å²) in [6.45, 7) is 3.42. The van der Waals surface area contributed by atoms with Crippen LogP contribution >= 0.6 is 0 Å². The van der Waals surface area contributed by atoms with E-state index in [1.54, 1.807) is 0 Å². The predicted octanol–water partition coefficient (Wildman–Crippen LogP) is 3.13. The highest BCUT2D eigenvalue weighted by atomic mass is 16.5. The maximum Gasteiger partial charge on any atom is 0.139 e. The normalized spacial score (nSPS) is 13.1. The van der Waals surface area contributed by atoms with Gasteiger partial charge in [-0.15, -0.1) is 0 Å². The van der Waals surface area contributed by atoms with Gasteiger partial charge in [-0.1, -0.05) is 60.7 Å². The molecule has 3 aromatic rings. The summed E-state index contributed by atoms with van der Waals surface area (Å²) in [6.07, 6.45) is -0.573. The number of benzene rings is 3. The Balaban J connectivity index is 1.62. The maximum atomic E-state index is 10.6. The largest absolute Gasteiger partial charge is 0.494 e. The summed E-state index contributed by atoms with van der Waals surface area (Å²) in [5.74, 6) is 1.55. The van der Waals surface area contributed by atoms with Crippen molar-refractivity contribution in [1.29, 1.82) is 0 Å². The minimum absolute atomic E-state index is 0.150. The molecule has 0 heterocycles. The van der Waals surface area contributed by atoms with Gasteiger partial charge in [0, 0.05) is 11.1 Å². The fraction of sp³-hybridized carbons (Fsp3) is 0.280. The average Bonchev–Trinajstić information content (AvgIpc) is 2.75. The Bertz CT molecular complexity index is 797. The van der Waals surface area contributed by atoms with Gasteiger partial charge < -0.3 is 19.5 Å². The van der Waals surface area contributed by atoms with Crippen LogP contribution in [0, 0.1) is 0 Å². The molecule has 0 aromatic heterocycles. The highest BCUT2D eigenvalue weighted by Gasteiger charge is 2.25. The number of hydrogen-bond acceptors (Lipinski definition) is 3. The molecule has 0 aliphatic rings. The van der Waals surface area contributed by atoms with E-state index in [0.717, 1.165) is 11.5 Å². The molecule has 3 aromatic carbocycles. The third kappa shape index (κ3) is 6.08. The van der Waals surface area contributed by atoms with E-state index >= 15 is 0 Å². The molecule has 0 bridgehead atoms. The van der Waals surface area contributed by atoms with Crippen molar-refractivity contribution in [2.24, 2.45) is 0 Å². The van der Waals surface area contributed by atoms with E-state index in [9.17, 15) is 5.11 Å². The van der Waals surface area contributed by atoms with Gasteiger partial charge in [0.2, 0.25) is 0 Å². The number of rotatable bonds is 10. The molecule has 0 spiro atoms. The summed E-state index contributed by atoms with van der Waals surface area (Å²) in [6, 6.07) is 28.5. The average molecular weight is 393 g/mol. The van der Waals surface area contributed by atoms with Crippen molar-refractivity contribution in [3.63, 3.8) is 0 Å². The van der Waals surface area contributed by atoms with Crippen molar-refractivity contribution in [3.8, 4) is 11.5 Å². The van der Waals surface area contributed by atoms with Gasteiger partial charge >= 0.3 is 0 Å². The maximum absolute atomic E-state index is 10.6. The molecule has 0 saturated carbocycles. The van der Waals surface area contributed by atoms with Crippen molar-refractivity contribution in [3.05, 3.63) is 96.1 Å². The second-order valence-corrected chi connectivity index (χ2v) is 7.17. The van der Waals surface area contributed by atoms with Crippen LogP contribution in [0.15, 0.2) is 84.9 Å². The number of nitrogens with one attached hydrogen (secondary N) is 1. The molecule has 0 amide bonds. The number of aliphatic hydroxyl groups is 1. The van der Waals surface area contributed by atoms with E-state index in [2.05, 4.69) is 55.6 Å². The third-order valence-electron chi connectivity index (χ3n) is 4.89. The van der Waals surface area contributed by atoms with Crippen LogP contribution in [0.3, 0.4) is 0 Å². The topological polar surface area (TPSA) is 43.1 Å². The number of aliphatic hydroxyl groups excluding tert-OH is 1. The first-order valence-corrected chi connectivity index (χ1v) is 10.1. The first-order valence-electron chi connectivity index (χ1n) is 10.1. The first kappa shape index (κ1) is 20.9. The lowest BCUT2D eigenvalue weighted by atomic mass is 9.97. The number of likely N-dealkylation sites (N-methyl/N-ethyl adjacent to an activating group) is 1. The quantitative estimate of drug-likeness (QED) is 0.557. The van der Waals surface area contributed by atoms with Gasteiger partial charge in [-0.05, 0) is 31.2 Å². The van der Waals surface area contributed by atoms with Crippen LogP contribution < -0.4 is 14.4 Å². The predicted molar refractivity (Wildman–Crippen MR) is 116 cm³/mol. The van der Waals surface area contributed by atoms with E-state index in [-0.39, 0.29) is 12.6 Å². The molecule has 0 aliphatic carbocycles. The molecule has 2 N–H and O–H groups in total. The standard InChI is InChI=1S/C25H29NO3/c1-3-28-23-14-16-24(17-15-23)29-19-22(27)18-26(2)25(20-10-6-4-7-11-20)21-12-8-5-9-13-21/h4-17,22,25,27H,3,18-19H2,1-2H3/p+1/t22-/m1/s1. The summed E-state index contributed by atoms with van der Waals surface area (Å²) in [5, 5.41) is 10.6. The third-order valence-corrected chi connectivity index (χ3v) is 4.89. The minimum Gasteiger partial charge on any atom is -0.494 e. The molecule has 0 aliphatic heterocycles. The molecular formula is C25H30NO3+. The first-order chi connectivity index (χ1) is 14.2. The zero-order valence-corrected chi connectivity index (χ0v) is 17.1. The zero-order chi connectivity index (χ0) is 20.5. The molecule has 3 rings (SSSR count). The Morgan fingerprint density at radius 3 is 1.72 bits per heavy atom. The second-order valence-electron chi connectivity index (χ2n) is 7.17. The van der Waals surface area contributed by atoms with Gasteiger partial charge in [0.05, 0.1) is 13.7 Å². The molecule has 0 fully saturated rings. The molecule has 29 heavy (non-hydrogen) atoms. The Morgan fingerprint density at radius 1 is 0.759 bits per heavy atom. The number of ether oxygens (including phenoxy) is 2. The summed E-state index contributed by atoms with van der Waals surface area (Å²) in [7, 11) is 2.12. The molecular weight excluding hydrogens is 362 g/mol. The summed E-state index contributed by atoms with van der Waals surface area (Å²) < 4.78 is 11.2. The number of quaternary nitrogens is 1. The Kier molecular flexibility index (Phi) is 7.68. The molecule has 1 unspecified atom stereocenters. The van der Waals surface area contributed by atoms with Crippen LogP contribution in [0.1, 0.15) is 24.1 Å².